The fraction of sp³-hybridized carbons (Fsp3) is 0. The first-order chi connectivity index (χ1) is 22.8. The van der Waals surface area contributed by atoms with Crippen molar-refractivity contribution in [3.63, 3.8) is 0 Å². The van der Waals surface area contributed by atoms with Crippen LogP contribution in [0.3, 0.4) is 0 Å². The highest BCUT2D eigenvalue weighted by atomic mass is 15.1. The largest absolute Gasteiger partial charge is 0.308 e. The lowest BCUT2D eigenvalue weighted by Crippen LogP contribution is -2.03. The van der Waals surface area contributed by atoms with Crippen LogP contribution in [0.1, 0.15) is 0 Å². The van der Waals surface area contributed by atoms with Gasteiger partial charge in [0.05, 0.1) is 33.1 Å². The predicted octanol–water partition coefficient (Wildman–Crippen LogP) is 10.7. The van der Waals surface area contributed by atoms with Crippen molar-refractivity contribution in [1.82, 2.24) is 18.9 Å². The van der Waals surface area contributed by atoms with Crippen molar-refractivity contribution in [3.05, 3.63) is 146 Å². The van der Waals surface area contributed by atoms with Crippen LogP contribution in [0.15, 0.2) is 146 Å². The van der Waals surface area contributed by atoms with Crippen molar-refractivity contribution in [2.45, 2.75) is 0 Å². The number of nitrogens with zero attached hydrogens (tertiary/aromatic N) is 4. The first kappa shape index (κ1) is 24.1. The molecule has 0 radical (unpaired) electrons. The fourth-order valence-electron chi connectivity index (χ4n) is 7.94. The SMILES string of the molecule is c1ccc(-c2nc(-n3c4cc5c6ccccc6n6c7ccccc7c(c4c4ccc7ccccc7c43)c56)c3ccccc3n2)cc1. The lowest BCUT2D eigenvalue weighted by atomic mass is 10.0. The zero-order valence-electron chi connectivity index (χ0n) is 24.6. The second kappa shape index (κ2) is 8.68. The van der Waals surface area contributed by atoms with Gasteiger partial charge in [0, 0.05) is 48.7 Å². The maximum Gasteiger partial charge on any atom is 0.162 e. The van der Waals surface area contributed by atoms with Crippen molar-refractivity contribution in [3.8, 4) is 17.2 Å². The quantitative estimate of drug-likeness (QED) is 0.203. The first-order valence-electron chi connectivity index (χ1n) is 15.7. The molecule has 0 aliphatic rings. The molecule has 7 aromatic carbocycles. The summed E-state index contributed by atoms with van der Waals surface area (Å²) in [4.78, 5) is 10.5. The molecule has 4 heterocycles. The topological polar surface area (TPSA) is 35.1 Å². The number of fused-ring (bicyclic) bond motifs is 13. The molecule has 0 fully saturated rings. The van der Waals surface area contributed by atoms with Crippen LogP contribution in [-0.2, 0) is 0 Å². The van der Waals surface area contributed by atoms with Gasteiger partial charge in [0.1, 0.15) is 5.82 Å². The van der Waals surface area contributed by atoms with E-state index in [0.717, 1.165) is 33.6 Å². The van der Waals surface area contributed by atoms with Gasteiger partial charge in [-0.05, 0) is 35.7 Å². The molecule has 0 saturated carbocycles. The molecule has 0 spiro atoms. The average Bonchev–Trinajstić information content (AvgIpc) is 3.76. The minimum Gasteiger partial charge on any atom is -0.308 e. The highest BCUT2D eigenvalue weighted by molar-refractivity contribution is 6.37. The highest BCUT2D eigenvalue weighted by Crippen LogP contribution is 2.48. The molecule has 0 aliphatic heterocycles. The zero-order chi connectivity index (χ0) is 29.9. The van der Waals surface area contributed by atoms with Gasteiger partial charge in [0.15, 0.2) is 5.82 Å². The van der Waals surface area contributed by atoms with E-state index >= 15 is 0 Å². The summed E-state index contributed by atoms with van der Waals surface area (Å²) in [6, 6.07) is 52.1. The van der Waals surface area contributed by atoms with Gasteiger partial charge in [-0.25, -0.2) is 9.97 Å². The minimum atomic E-state index is 0.720. The Labute approximate surface area is 262 Å². The minimum absolute atomic E-state index is 0.720. The number of benzene rings is 7. The van der Waals surface area contributed by atoms with E-state index in [1.54, 1.807) is 0 Å². The smallest absolute Gasteiger partial charge is 0.162 e. The molecule has 4 heteroatoms. The van der Waals surface area contributed by atoms with E-state index in [-0.39, 0.29) is 0 Å². The third-order valence-corrected chi connectivity index (χ3v) is 9.81. The Hall–Kier alpha value is -6.26. The fourth-order valence-corrected chi connectivity index (χ4v) is 7.94. The Morgan fingerprint density at radius 1 is 0.413 bits per heavy atom. The molecule has 4 aromatic heterocycles. The van der Waals surface area contributed by atoms with Gasteiger partial charge in [-0.2, -0.15) is 0 Å². The Kier molecular flexibility index (Phi) is 4.55. The molecule has 0 aliphatic carbocycles. The Morgan fingerprint density at radius 2 is 1.09 bits per heavy atom. The van der Waals surface area contributed by atoms with Crippen molar-refractivity contribution in [2.24, 2.45) is 0 Å². The molecular weight excluding hydrogens is 560 g/mol. The molecule has 11 aromatic rings. The molecule has 4 nitrogen and oxygen atoms in total. The summed E-state index contributed by atoms with van der Waals surface area (Å²) in [5.74, 6) is 1.61. The molecule has 0 N–H and O–H groups in total. The maximum atomic E-state index is 5.41. The van der Waals surface area contributed by atoms with Crippen LogP contribution in [0, 0.1) is 0 Å². The first-order valence-corrected chi connectivity index (χ1v) is 15.7. The molecule has 0 unspecified atom stereocenters. The second-order valence-corrected chi connectivity index (χ2v) is 12.2. The van der Waals surface area contributed by atoms with Crippen molar-refractivity contribution < 1.29 is 0 Å². The van der Waals surface area contributed by atoms with E-state index in [1.807, 2.05) is 18.2 Å². The molecule has 212 valence electrons. The molecular formula is C42H24N4. The van der Waals surface area contributed by atoms with Crippen molar-refractivity contribution in [2.75, 3.05) is 0 Å². The number of hydrogen-bond acceptors (Lipinski definition) is 2. The average molecular weight is 585 g/mol. The van der Waals surface area contributed by atoms with Crippen LogP contribution in [0.5, 0.6) is 0 Å². The van der Waals surface area contributed by atoms with Crippen LogP contribution >= 0.6 is 0 Å². The summed E-state index contributed by atoms with van der Waals surface area (Å²) in [6.07, 6.45) is 0. The molecule has 11 rings (SSSR count). The van der Waals surface area contributed by atoms with E-state index in [9.17, 15) is 0 Å². The summed E-state index contributed by atoms with van der Waals surface area (Å²) in [5, 5.41) is 11.0. The van der Waals surface area contributed by atoms with Gasteiger partial charge in [-0.3, -0.25) is 4.57 Å². The number of para-hydroxylation sites is 3. The lowest BCUT2D eigenvalue weighted by molar-refractivity contribution is 1.08. The predicted molar refractivity (Wildman–Crippen MR) is 191 cm³/mol. The summed E-state index contributed by atoms with van der Waals surface area (Å²) in [5.41, 5.74) is 7.98. The van der Waals surface area contributed by atoms with Gasteiger partial charge in [-0.15, -0.1) is 0 Å². The van der Waals surface area contributed by atoms with Gasteiger partial charge in [0.2, 0.25) is 0 Å². The van der Waals surface area contributed by atoms with E-state index < -0.39 is 0 Å². The molecule has 0 amide bonds. The van der Waals surface area contributed by atoms with E-state index in [4.69, 9.17) is 9.97 Å². The summed E-state index contributed by atoms with van der Waals surface area (Å²) in [6.45, 7) is 0. The summed E-state index contributed by atoms with van der Waals surface area (Å²) < 4.78 is 4.89. The van der Waals surface area contributed by atoms with Crippen LogP contribution in [0.25, 0.3) is 98.8 Å². The summed E-state index contributed by atoms with van der Waals surface area (Å²) in [7, 11) is 0. The third-order valence-electron chi connectivity index (χ3n) is 9.81. The van der Waals surface area contributed by atoms with Crippen LogP contribution in [0.2, 0.25) is 0 Å². The Balaban J connectivity index is 1.45. The number of rotatable bonds is 2. The number of aromatic nitrogens is 4. The van der Waals surface area contributed by atoms with Crippen LogP contribution in [-0.4, -0.2) is 18.9 Å². The Bertz CT molecular complexity index is 3020. The molecule has 0 bridgehead atoms. The molecule has 0 saturated heterocycles. The lowest BCUT2D eigenvalue weighted by Gasteiger charge is -2.14. The van der Waals surface area contributed by atoms with E-state index in [0.29, 0.717) is 0 Å². The third kappa shape index (κ3) is 2.98. The van der Waals surface area contributed by atoms with Gasteiger partial charge < -0.3 is 4.40 Å². The van der Waals surface area contributed by atoms with Crippen LogP contribution in [0.4, 0.5) is 0 Å². The van der Waals surface area contributed by atoms with E-state index in [1.165, 1.54) is 65.2 Å². The Morgan fingerprint density at radius 3 is 1.93 bits per heavy atom. The second-order valence-electron chi connectivity index (χ2n) is 12.2. The van der Waals surface area contributed by atoms with Crippen molar-refractivity contribution >= 4 is 81.6 Å². The van der Waals surface area contributed by atoms with Gasteiger partial charge in [0.25, 0.3) is 0 Å². The highest BCUT2D eigenvalue weighted by Gasteiger charge is 2.26. The normalized spacial score (nSPS) is 12.3. The molecule has 46 heavy (non-hydrogen) atoms. The number of hydrogen-bond donors (Lipinski definition) is 0. The summed E-state index contributed by atoms with van der Waals surface area (Å²) >= 11 is 0. The van der Waals surface area contributed by atoms with E-state index in [2.05, 4.69) is 136 Å². The van der Waals surface area contributed by atoms with Crippen molar-refractivity contribution in [1.29, 1.82) is 0 Å². The molecule has 0 atom stereocenters. The van der Waals surface area contributed by atoms with Crippen LogP contribution < -0.4 is 0 Å². The van der Waals surface area contributed by atoms with Gasteiger partial charge >= 0.3 is 0 Å². The monoisotopic (exact) mass is 584 g/mol. The van der Waals surface area contributed by atoms with Gasteiger partial charge in [-0.1, -0.05) is 115 Å². The zero-order valence-corrected chi connectivity index (χ0v) is 24.6. The standard InChI is InChI=1S/C42H24N4/c1-2-13-26(14-3-1)41-43-33-19-9-6-17-29(33)42(44-41)46-36-24-32-28-16-7-10-20-34(28)45-35-21-11-8-18-30(35)38(40(32)45)37(36)31-23-22-25-12-4-5-15-27(25)39(31)46/h1-24H. The maximum absolute atomic E-state index is 5.41.